The molecule has 4 rings (SSSR count). The second-order valence-corrected chi connectivity index (χ2v) is 7.58. The molecule has 9 nitrogen and oxygen atoms in total. The summed E-state index contributed by atoms with van der Waals surface area (Å²) >= 11 is 0. The first kappa shape index (κ1) is 18.5. The number of carboxylic acids is 1. The van der Waals surface area contributed by atoms with E-state index in [9.17, 15) is 19.5 Å². The zero-order valence-corrected chi connectivity index (χ0v) is 15.4. The number of benzene rings is 1. The number of fused-ring (bicyclic) bond motifs is 2. The number of nitrogens with zero attached hydrogens (tertiary/aromatic N) is 1. The molecule has 28 heavy (non-hydrogen) atoms. The Morgan fingerprint density at radius 2 is 2.00 bits per heavy atom. The van der Waals surface area contributed by atoms with E-state index < -0.39 is 23.3 Å². The van der Waals surface area contributed by atoms with Gasteiger partial charge < -0.3 is 19.9 Å². The van der Waals surface area contributed by atoms with E-state index in [1.165, 1.54) is 0 Å². The van der Waals surface area contributed by atoms with Crippen LogP contribution in [0.15, 0.2) is 18.2 Å². The monoisotopic (exact) mass is 389 g/mol. The van der Waals surface area contributed by atoms with E-state index in [0.29, 0.717) is 49.9 Å². The van der Waals surface area contributed by atoms with E-state index >= 15 is 0 Å². The van der Waals surface area contributed by atoms with Crippen molar-refractivity contribution in [2.24, 2.45) is 11.3 Å². The third kappa shape index (κ3) is 3.49. The topological polar surface area (TPSA) is 117 Å². The molecule has 3 N–H and O–H groups in total. The van der Waals surface area contributed by atoms with Crippen molar-refractivity contribution in [1.29, 1.82) is 0 Å². The third-order valence-corrected chi connectivity index (χ3v) is 5.79. The lowest BCUT2D eigenvalue weighted by atomic mass is 9.81. The molecule has 1 aromatic rings. The van der Waals surface area contributed by atoms with E-state index in [1.54, 1.807) is 18.2 Å². The van der Waals surface area contributed by atoms with Crippen LogP contribution in [0.2, 0.25) is 0 Å². The largest absolute Gasteiger partial charge is 0.486 e. The van der Waals surface area contributed by atoms with Crippen molar-refractivity contribution in [2.45, 2.75) is 19.3 Å². The Balaban J connectivity index is 1.30. The summed E-state index contributed by atoms with van der Waals surface area (Å²) in [6, 6.07) is 4.35. The molecule has 150 valence electrons. The van der Waals surface area contributed by atoms with Gasteiger partial charge in [0.1, 0.15) is 13.2 Å². The second kappa shape index (κ2) is 7.31. The number of anilines is 1. The van der Waals surface area contributed by atoms with Gasteiger partial charge >= 0.3 is 12.0 Å². The van der Waals surface area contributed by atoms with Crippen LogP contribution in [0.5, 0.6) is 11.5 Å². The first-order chi connectivity index (χ1) is 13.5. The highest BCUT2D eigenvalue weighted by atomic mass is 16.6. The number of hydrogen-bond acceptors (Lipinski definition) is 6. The quantitative estimate of drug-likeness (QED) is 0.710. The van der Waals surface area contributed by atoms with Crippen molar-refractivity contribution < 1.29 is 29.0 Å². The fraction of sp³-hybridized carbons (Fsp3) is 0.526. The fourth-order valence-electron chi connectivity index (χ4n) is 4.52. The number of aliphatic carboxylic acids is 1. The molecule has 0 aromatic heterocycles. The standard InChI is InChI=1S/C19H23N3O6/c23-16(10-22-9-12-2-1-5-19(12,11-22)17(24)25)21-18(26)20-13-3-4-14-15(8-13)28-7-6-27-14/h3-4,8,12H,1-2,5-7,9-11H2,(H,24,25)(H2,20,21,23,26)/t12-,19+/m0/s1. The SMILES string of the molecule is O=C(CN1C[C@@H]2CCC[C@@]2(C(=O)O)C1)NC(=O)Nc1ccc2c(c1)OCCO2. The van der Waals surface area contributed by atoms with Crippen LogP contribution in [0.1, 0.15) is 19.3 Å². The van der Waals surface area contributed by atoms with Crippen molar-refractivity contribution in [3.63, 3.8) is 0 Å². The Labute approximate surface area is 162 Å². The van der Waals surface area contributed by atoms with E-state index in [4.69, 9.17) is 9.47 Å². The Hall–Kier alpha value is -2.81. The number of amides is 3. The lowest BCUT2D eigenvalue weighted by molar-refractivity contribution is -0.149. The van der Waals surface area contributed by atoms with Gasteiger partial charge in [-0.15, -0.1) is 0 Å². The van der Waals surface area contributed by atoms with Crippen molar-refractivity contribution >= 4 is 23.6 Å². The molecule has 1 aromatic carbocycles. The summed E-state index contributed by atoms with van der Waals surface area (Å²) in [6.07, 6.45) is 2.43. The molecule has 0 unspecified atom stereocenters. The number of nitrogens with one attached hydrogen (secondary N) is 2. The molecule has 1 saturated carbocycles. The minimum absolute atomic E-state index is 0.0000882. The van der Waals surface area contributed by atoms with Crippen LogP contribution in [-0.2, 0) is 9.59 Å². The van der Waals surface area contributed by atoms with E-state index in [1.807, 2.05) is 4.90 Å². The van der Waals surface area contributed by atoms with Gasteiger partial charge in [-0.1, -0.05) is 6.42 Å². The lowest BCUT2D eigenvalue weighted by Gasteiger charge is -2.23. The van der Waals surface area contributed by atoms with E-state index in [0.717, 1.165) is 12.8 Å². The number of urea groups is 1. The van der Waals surface area contributed by atoms with Gasteiger partial charge in [0.25, 0.3) is 0 Å². The third-order valence-electron chi connectivity index (χ3n) is 5.79. The number of ether oxygens (including phenoxy) is 2. The van der Waals surface area contributed by atoms with Crippen LogP contribution in [0.3, 0.4) is 0 Å². The summed E-state index contributed by atoms with van der Waals surface area (Å²) in [4.78, 5) is 37.9. The lowest BCUT2D eigenvalue weighted by Crippen LogP contribution is -2.42. The summed E-state index contributed by atoms with van der Waals surface area (Å²) in [5.41, 5.74) is -0.261. The predicted molar refractivity (Wildman–Crippen MR) is 98.4 cm³/mol. The molecule has 3 aliphatic rings. The average Bonchev–Trinajstić information content (AvgIpc) is 3.19. The van der Waals surface area contributed by atoms with Gasteiger partial charge in [0.05, 0.1) is 12.0 Å². The molecule has 0 spiro atoms. The molecule has 0 bridgehead atoms. The Kier molecular flexibility index (Phi) is 4.84. The van der Waals surface area contributed by atoms with Crippen LogP contribution in [0.25, 0.3) is 0 Å². The molecule has 1 saturated heterocycles. The number of imide groups is 1. The molecule has 2 aliphatic heterocycles. The maximum absolute atomic E-state index is 12.2. The van der Waals surface area contributed by atoms with Crippen molar-refractivity contribution in [1.82, 2.24) is 10.2 Å². The van der Waals surface area contributed by atoms with Gasteiger partial charge in [-0.25, -0.2) is 4.79 Å². The number of carboxylic acid groups (broad SMARTS) is 1. The number of carbonyl (C=O) groups is 3. The van der Waals surface area contributed by atoms with E-state index in [-0.39, 0.29) is 12.5 Å². The zero-order valence-electron chi connectivity index (χ0n) is 15.4. The minimum Gasteiger partial charge on any atom is -0.486 e. The molecule has 3 amide bonds. The molecular formula is C19H23N3O6. The predicted octanol–water partition coefficient (Wildman–Crippen LogP) is 1.29. The highest BCUT2D eigenvalue weighted by Crippen LogP contribution is 2.48. The minimum atomic E-state index is -0.783. The van der Waals surface area contributed by atoms with Gasteiger partial charge in [-0.05, 0) is 30.9 Å². The molecule has 9 heteroatoms. The van der Waals surface area contributed by atoms with E-state index in [2.05, 4.69) is 10.6 Å². The fourth-order valence-corrected chi connectivity index (χ4v) is 4.52. The summed E-state index contributed by atoms with van der Waals surface area (Å²) in [5, 5.41) is 14.5. The van der Waals surface area contributed by atoms with Gasteiger partial charge in [0, 0.05) is 24.8 Å². The number of rotatable bonds is 4. The van der Waals surface area contributed by atoms with Gasteiger partial charge in [0.2, 0.25) is 5.91 Å². The van der Waals surface area contributed by atoms with Gasteiger partial charge in [-0.2, -0.15) is 0 Å². The number of likely N-dealkylation sites (tertiary alicyclic amines) is 1. The zero-order chi connectivity index (χ0) is 19.7. The molecule has 2 atom stereocenters. The van der Waals surface area contributed by atoms with Crippen LogP contribution in [0.4, 0.5) is 10.5 Å². The summed E-state index contributed by atoms with van der Waals surface area (Å²) in [6.45, 7) is 1.85. The van der Waals surface area contributed by atoms with Crippen molar-refractivity contribution in [3.8, 4) is 11.5 Å². The Morgan fingerprint density at radius 1 is 1.21 bits per heavy atom. The highest BCUT2D eigenvalue weighted by molar-refractivity contribution is 6.01. The van der Waals surface area contributed by atoms with Crippen molar-refractivity contribution in [3.05, 3.63) is 18.2 Å². The summed E-state index contributed by atoms with van der Waals surface area (Å²) in [7, 11) is 0. The maximum atomic E-state index is 12.2. The van der Waals surface area contributed by atoms with Gasteiger partial charge in [-0.3, -0.25) is 19.8 Å². The Bertz CT molecular complexity index is 813. The smallest absolute Gasteiger partial charge is 0.325 e. The maximum Gasteiger partial charge on any atom is 0.325 e. The first-order valence-electron chi connectivity index (χ1n) is 9.42. The van der Waals surface area contributed by atoms with Crippen LogP contribution < -0.4 is 20.1 Å². The van der Waals surface area contributed by atoms with Gasteiger partial charge in [0.15, 0.2) is 11.5 Å². The molecular weight excluding hydrogens is 366 g/mol. The van der Waals surface area contributed by atoms with Crippen LogP contribution in [0, 0.1) is 11.3 Å². The molecule has 0 radical (unpaired) electrons. The second-order valence-electron chi connectivity index (χ2n) is 7.58. The van der Waals surface area contributed by atoms with Crippen LogP contribution >= 0.6 is 0 Å². The molecule has 2 fully saturated rings. The molecule has 1 aliphatic carbocycles. The summed E-state index contributed by atoms with van der Waals surface area (Å²) in [5.74, 6) is -0.0210. The summed E-state index contributed by atoms with van der Waals surface area (Å²) < 4.78 is 10.9. The highest BCUT2D eigenvalue weighted by Gasteiger charge is 2.54. The first-order valence-corrected chi connectivity index (χ1v) is 9.42. The molecule has 2 heterocycles. The number of carbonyl (C=O) groups excluding carboxylic acids is 2. The van der Waals surface area contributed by atoms with Crippen LogP contribution in [-0.4, -0.2) is 60.8 Å². The average molecular weight is 389 g/mol. The Morgan fingerprint density at radius 3 is 2.75 bits per heavy atom. The number of hydrogen-bond donors (Lipinski definition) is 3. The van der Waals surface area contributed by atoms with Crippen molar-refractivity contribution in [2.75, 3.05) is 38.2 Å². The normalized spacial score (nSPS) is 25.8.